The molecule has 250 valence electrons. The molecule has 11 heteroatoms. The smallest absolute Gasteiger partial charge is 0.325 e. The van der Waals surface area contributed by atoms with E-state index in [1.54, 1.807) is 95.4 Å². The highest BCUT2D eigenvalue weighted by Crippen LogP contribution is 2.40. The van der Waals surface area contributed by atoms with Gasteiger partial charge in [-0.05, 0) is 57.0 Å². The second-order valence-electron chi connectivity index (χ2n) is 12.2. The third-order valence-corrected chi connectivity index (χ3v) is 7.48. The number of likely N-dealkylation sites (N-methyl/N-ethyl adjacent to an activating group) is 1. The van der Waals surface area contributed by atoms with E-state index in [1.165, 1.54) is 15.9 Å². The summed E-state index contributed by atoms with van der Waals surface area (Å²) < 4.78 is 10.5. The molecule has 3 amide bonds. The van der Waals surface area contributed by atoms with Gasteiger partial charge in [-0.3, -0.25) is 24.0 Å². The summed E-state index contributed by atoms with van der Waals surface area (Å²) in [5.41, 5.74) is 7.17. The number of benzene rings is 3. The van der Waals surface area contributed by atoms with Gasteiger partial charge in [0.25, 0.3) is 17.7 Å². The van der Waals surface area contributed by atoms with Crippen LogP contribution in [-0.2, 0) is 28.7 Å². The monoisotopic (exact) mass is 652 g/mol. The van der Waals surface area contributed by atoms with E-state index in [0.29, 0.717) is 22.4 Å². The molecule has 4 rings (SSSR count). The van der Waals surface area contributed by atoms with Gasteiger partial charge in [0.05, 0.1) is 30.3 Å². The molecule has 48 heavy (non-hydrogen) atoms. The minimum absolute atomic E-state index is 0.156. The summed E-state index contributed by atoms with van der Waals surface area (Å²) in [6, 6.07) is 19.6. The van der Waals surface area contributed by atoms with Crippen molar-refractivity contribution in [3.63, 3.8) is 0 Å². The summed E-state index contributed by atoms with van der Waals surface area (Å²) in [5.74, 6) is 2.46. The van der Waals surface area contributed by atoms with Gasteiger partial charge in [0.1, 0.15) is 17.7 Å². The van der Waals surface area contributed by atoms with E-state index >= 15 is 0 Å². The van der Waals surface area contributed by atoms with Gasteiger partial charge in [-0.1, -0.05) is 66.6 Å². The Labute approximate surface area is 280 Å². The van der Waals surface area contributed by atoms with Crippen LogP contribution in [-0.4, -0.2) is 66.4 Å². The number of nitrogens with zero attached hydrogens (tertiary/aromatic N) is 2. The molecular weight excluding hydrogens is 612 g/mol. The molecular formula is C37H40N4O7. The number of amides is 3. The zero-order valence-electron chi connectivity index (χ0n) is 27.7. The van der Waals surface area contributed by atoms with E-state index < -0.39 is 47.5 Å². The number of esters is 2. The third kappa shape index (κ3) is 8.66. The summed E-state index contributed by atoms with van der Waals surface area (Å²) in [4.78, 5) is 69.4. The number of ether oxygens (including phenoxy) is 2. The van der Waals surface area contributed by atoms with Crippen LogP contribution in [0, 0.1) is 11.8 Å². The molecule has 0 aliphatic carbocycles. The Morgan fingerprint density at radius 1 is 0.979 bits per heavy atom. The lowest BCUT2D eigenvalue weighted by Gasteiger charge is -2.37. The maximum absolute atomic E-state index is 14.7. The summed E-state index contributed by atoms with van der Waals surface area (Å²) in [7, 11) is 1.59. The van der Waals surface area contributed by atoms with Crippen LogP contribution in [0.15, 0.2) is 78.9 Å². The second kappa shape index (κ2) is 15.4. The van der Waals surface area contributed by atoms with Crippen LogP contribution in [0.3, 0.4) is 0 Å². The van der Waals surface area contributed by atoms with Gasteiger partial charge in [-0.15, -0.1) is 0 Å². The molecule has 3 unspecified atom stereocenters. The van der Waals surface area contributed by atoms with Crippen molar-refractivity contribution in [1.29, 1.82) is 0 Å². The Morgan fingerprint density at radius 3 is 2.25 bits per heavy atom. The average molecular weight is 653 g/mol. The quantitative estimate of drug-likeness (QED) is 0.263. The Kier molecular flexibility index (Phi) is 11.4. The lowest BCUT2D eigenvalue weighted by atomic mass is 9.95. The molecule has 1 aliphatic rings. The van der Waals surface area contributed by atoms with Crippen molar-refractivity contribution in [3.05, 3.63) is 101 Å². The number of carbonyl (C=O) groups is 5. The largest absolute Gasteiger partial charge is 0.466 e. The lowest BCUT2D eigenvalue weighted by molar-refractivity contribution is -0.156. The van der Waals surface area contributed by atoms with E-state index in [4.69, 9.17) is 15.2 Å². The van der Waals surface area contributed by atoms with Crippen molar-refractivity contribution in [2.75, 3.05) is 25.1 Å². The minimum atomic E-state index is -1.08. The SMILES string of the molecule is CCOC(=O)CC(c1ccccc1)N1C(=O)c2cc(C#CC(=O)NCC(N)C(=O)OC(C)(C)C)ccc2N(C)C(=O)C1c1ccccc1. The van der Waals surface area contributed by atoms with Crippen molar-refractivity contribution >= 4 is 35.3 Å². The number of nitrogens with one attached hydrogen (secondary N) is 1. The van der Waals surface area contributed by atoms with Crippen LogP contribution in [0.2, 0.25) is 0 Å². The van der Waals surface area contributed by atoms with Gasteiger partial charge in [-0.2, -0.15) is 0 Å². The van der Waals surface area contributed by atoms with Gasteiger partial charge >= 0.3 is 11.9 Å². The first-order chi connectivity index (χ1) is 22.8. The first-order valence-corrected chi connectivity index (χ1v) is 15.6. The Hall–Kier alpha value is -5.47. The van der Waals surface area contributed by atoms with E-state index in [2.05, 4.69) is 17.2 Å². The zero-order chi connectivity index (χ0) is 35.0. The molecule has 1 heterocycles. The van der Waals surface area contributed by atoms with Crippen LogP contribution in [0.4, 0.5) is 5.69 Å². The molecule has 11 nitrogen and oxygen atoms in total. The number of anilines is 1. The van der Waals surface area contributed by atoms with Crippen LogP contribution in [0.5, 0.6) is 0 Å². The van der Waals surface area contributed by atoms with Crippen molar-refractivity contribution in [1.82, 2.24) is 10.2 Å². The molecule has 0 spiro atoms. The van der Waals surface area contributed by atoms with Gasteiger partial charge in [0, 0.05) is 25.1 Å². The van der Waals surface area contributed by atoms with E-state index in [1.807, 2.05) is 12.1 Å². The lowest BCUT2D eigenvalue weighted by Crippen LogP contribution is -2.45. The molecule has 3 atom stereocenters. The first kappa shape index (κ1) is 35.4. The van der Waals surface area contributed by atoms with E-state index in [-0.39, 0.29) is 31.0 Å². The fraction of sp³-hybridized carbons (Fsp3) is 0.324. The van der Waals surface area contributed by atoms with Crippen molar-refractivity contribution in [2.24, 2.45) is 5.73 Å². The molecule has 1 aliphatic heterocycles. The molecule has 0 bridgehead atoms. The zero-order valence-corrected chi connectivity index (χ0v) is 27.7. The minimum Gasteiger partial charge on any atom is -0.466 e. The van der Waals surface area contributed by atoms with Crippen LogP contribution in [0.1, 0.15) is 73.2 Å². The fourth-order valence-corrected chi connectivity index (χ4v) is 5.28. The Balaban J connectivity index is 1.72. The van der Waals surface area contributed by atoms with Crippen molar-refractivity contribution < 1.29 is 33.4 Å². The maximum Gasteiger partial charge on any atom is 0.325 e. The number of nitrogens with two attached hydrogens (primary N) is 1. The van der Waals surface area contributed by atoms with E-state index in [0.717, 1.165) is 0 Å². The molecule has 0 saturated heterocycles. The highest BCUT2D eigenvalue weighted by atomic mass is 16.6. The number of rotatable bonds is 9. The van der Waals surface area contributed by atoms with Crippen LogP contribution >= 0.6 is 0 Å². The Bertz CT molecular complexity index is 1730. The van der Waals surface area contributed by atoms with Crippen molar-refractivity contribution in [3.8, 4) is 11.8 Å². The Morgan fingerprint density at radius 2 is 1.62 bits per heavy atom. The third-order valence-electron chi connectivity index (χ3n) is 7.48. The topological polar surface area (TPSA) is 148 Å². The highest BCUT2D eigenvalue weighted by Gasteiger charge is 2.43. The summed E-state index contributed by atoms with van der Waals surface area (Å²) in [5, 5.41) is 2.50. The maximum atomic E-state index is 14.7. The number of hydrogen-bond acceptors (Lipinski definition) is 8. The summed E-state index contributed by atoms with van der Waals surface area (Å²) >= 11 is 0. The molecule has 3 aromatic carbocycles. The van der Waals surface area contributed by atoms with Gasteiger partial charge in [-0.25, -0.2) is 0 Å². The molecule has 0 fully saturated rings. The number of fused-ring (bicyclic) bond motifs is 1. The van der Waals surface area contributed by atoms with Crippen LogP contribution < -0.4 is 16.0 Å². The average Bonchev–Trinajstić information content (AvgIpc) is 3.14. The highest BCUT2D eigenvalue weighted by molar-refractivity contribution is 6.11. The summed E-state index contributed by atoms with van der Waals surface area (Å²) in [6.45, 7) is 6.81. The molecule has 0 saturated carbocycles. The standard InChI is InChI=1S/C37H40N4O7/c1-6-47-32(43)22-30(25-13-9-7-10-14-25)41-33(26-15-11-8-12-16-26)35(45)40(5)29-19-17-24(21-27(29)34(41)44)18-20-31(42)39-23-28(38)36(46)48-37(2,3)4/h7-17,19,21,28,30,33H,6,22-23,38H2,1-5H3,(H,39,42). The number of carbonyl (C=O) groups excluding carboxylic acids is 5. The summed E-state index contributed by atoms with van der Waals surface area (Å²) in [6.07, 6.45) is -0.190. The van der Waals surface area contributed by atoms with Crippen LogP contribution in [0.25, 0.3) is 0 Å². The fourth-order valence-electron chi connectivity index (χ4n) is 5.28. The predicted molar refractivity (Wildman–Crippen MR) is 179 cm³/mol. The van der Waals surface area contributed by atoms with E-state index in [9.17, 15) is 24.0 Å². The predicted octanol–water partition coefficient (Wildman–Crippen LogP) is 3.68. The molecule has 3 N–H and O–H groups in total. The number of hydrogen-bond donors (Lipinski definition) is 2. The molecule has 0 aromatic heterocycles. The second-order valence-corrected chi connectivity index (χ2v) is 12.2. The normalized spacial score (nSPS) is 15.7. The van der Waals surface area contributed by atoms with Gasteiger partial charge in [0.2, 0.25) is 0 Å². The van der Waals surface area contributed by atoms with Crippen molar-refractivity contribution in [2.45, 2.75) is 57.8 Å². The van der Waals surface area contributed by atoms with Gasteiger partial charge < -0.3 is 30.3 Å². The molecule has 3 aromatic rings. The first-order valence-electron chi connectivity index (χ1n) is 15.6. The van der Waals surface area contributed by atoms with Gasteiger partial charge in [0.15, 0.2) is 0 Å². The molecule has 0 radical (unpaired) electrons.